The van der Waals surface area contributed by atoms with Crippen LogP contribution in [0.25, 0.3) is 22.6 Å². The smallest absolute Gasteiger partial charge is 0.227 e. The lowest BCUT2D eigenvalue weighted by molar-refractivity contribution is -0.122. The lowest BCUT2D eigenvalue weighted by Crippen LogP contribution is -2.29. The highest BCUT2D eigenvalue weighted by atomic mass is 16.5. The maximum absolute atomic E-state index is 12.6. The van der Waals surface area contributed by atoms with Crippen LogP contribution in [-0.4, -0.2) is 32.6 Å². The Morgan fingerprint density at radius 1 is 1.09 bits per heavy atom. The fourth-order valence-electron chi connectivity index (χ4n) is 3.47. The summed E-state index contributed by atoms with van der Waals surface area (Å²) in [5, 5.41) is 7.06. The van der Waals surface area contributed by atoms with Crippen LogP contribution >= 0.6 is 0 Å². The van der Waals surface area contributed by atoms with Gasteiger partial charge in [0.1, 0.15) is 11.6 Å². The van der Waals surface area contributed by atoms with E-state index < -0.39 is 0 Å². The molecule has 2 N–H and O–H groups in total. The van der Waals surface area contributed by atoms with Crippen molar-refractivity contribution >= 4 is 5.91 Å². The predicted octanol–water partition coefficient (Wildman–Crippen LogP) is 4.73. The first-order valence-corrected chi connectivity index (χ1v) is 11.1. The van der Waals surface area contributed by atoms with Gasteiger partial charge in [0.25, 0.3) is 0 Å². The van der Waals surface area contributed by atoms with Crippen molar-refractivity contribution in [2.45, 2.75) is 39.2 Å². The highest BCUT2D eigenvalue weighted by Crippen LogP contribution is 2.22. The SMILES string of the molecule is CCOc1ccc(-c2noc(CCC(=O)NC(CC)c3ncc(-c4ccccc4)[nH]3)n2)cc1. The molecule has 2 heterocycles. The summed E-state index contributed by atoms with van der Waals surface area (Å²) < 4.78 is 10.8. The van der Waals surface area contributed by atoms with Crippen molar-refractivity contribution in [2.75, 3.05) is 6.61 Å². The van der Waals surface area contributed by atoms with Crippen LogP contribution in [0.15, 0.2) is 65.3 Å². The maximum atomic E-state index is 12.6. The van der Waals surface area contributed by atoms with E-state index in [2.05, 4.69) is 25.4 Å². The van der Waals surface area contributed by atoms with Crippen LogP contribution < -0.4 is 10.1 Å². The van der Waals surface area contributed by atoms with Crippen LogP contribution in [0.1, 0.15) is 44.4 Å². The lowest BCUT2D eigenvalue weighted by Gasteiger charge is -2.14. The number of carbonyl (C=O) groups excluding carboxylic acids is 1. The Labute approximate surface area is 192 Å². The number of aromatic amines is 1. The number of carbonyl (C=O) groups is 1. The molecule has 0 saturated heterocycles. The van der Waals surface area contributed by atoms with Crippen molar-refractivity contribution in [3.05, 3.63) is 72.5 Å². The van der Waals surface area contributed by atoms with Gasteiger partial charge in [-0.05, 0) is 43.2 Å². The van der Waals surface area contributed by atoms with Crippen LogP contribution in [0.5, 0.6) is 5.75 Å². The quantitative estimate of drug-likeness (QED) is 0.366. The maximum Gasteiger partial charge on any atom is 0.227 e. The van der Waals surface area contributed by atoms with Gasteiger partial charge in [0, 0.05) is 18.4 Å². The molecule has 0 radical (unpaired) electrons. The summed E-state index contributed by atoms with van der Waals surface area (Å²) in [7, 11) is 0. The molecule has 1 unspecified atom stereocenters. The number of nitrogens with one attached hydrogen (secondary N) is 2. The summed E-state index contributed by atoms with van der Waals surface area (Å²) in [6.45, 7) is 4.56. The van der Waals surface area contributed by atoms with Crippen molar-refractivity contribution in [1.82, 2.24) is 25.4 Å². The molecule has 0 aliphatic rings. The number of ether oxygens (including phenoxy) is 1. The third-order valence-electron chi connectivity index (χ3n) is 5.21. The van der Waals surface area contributed by atoms with Crippen molar-refractivity contribution in [1.29, 1.82) is 0 Å². The molecule has 0 aliphatic heterocycles. The summed E-state index contributed by atoms with van der Waals surface area (Å²) in [5.41, 5.74) is 2.80. The fraction of sp³-hybridized carbons (Fsp3) is 0.280. The Balaban J connectivity index is 1.32. The molecular formula is C25H27N5O3. The zero-order valence-corrected chi connectivity index (χ0v) is 18.7. The number of H-pyrrole nitrogens is 1. The Morgan fingerprint density at radius 2 is 1.88 bits per heavy atom. The van der Waals surface area contributed by atoms with Crippen LogP contribution in [0.4, 0.5) is 0 Å². The van der Waals surface area contributed by atoms with Crippen molar-refractivity contribution in [3.8, 4) is 28.4 Å². The van der Waals surface area contributed by atoms with E-state index >= 15 is 0 Å². The second-order valence-electron chi connectivity index (χ2n) is 7.55. The molecule has 0 aliphatic carbocycles. The van der Waals surface area contributed by atoms with Gasteiger partial charge in [0.2, 0.25) is 17.6 Å². The van der Waals surface area contributed by atoms with E-state index in [9.17, 15) is 4.79 Å². The molecule has 2 aromatic carbocycles. The minimum Gasteiger partial charge on any atom is -0.494 e. The van der Waals surface area contributed by atoms with Gasteiger partial charge in [-0.3, -0.25) is 4.79 Å². The first kappa shape index (κ1) is 22.3. The van der Waals surface area contributed by atoms with E-state index in [0.29, 0.717) is 24.7 Å². The van der Waals surface area contributed by atoms with Gasteiger partial charge in [-0.15, -0.1) is 0 Å². The number of imidazole rings is 1. The highest BCUT2D eigenvalue weighted by Gasteiger charge is 2.17. The molecule has 1 atom stereocenters. The molecule has 0 spiro atoms. The van der Waals surface area contributed by atoms with Crippen LogP contribution in [-0.2, 0) is 11.2 Å². The molecule has 1 amide bonds. The summed E-state index contributed by atoms with van der Waals surface area (Å²) in [6, 6.07) is 17.3. The minimum atomic E-state index is -0.197. The van der Waals surface area contributed by atoms with E-state index in [1.807, 2.05) is 68.4 Å². The molecule has 0 saturated carbocycles. The molecule has 4 rings (SSSR count). The number of aryl methyl sites for hydroxylation is 1. The first-order valence-electron chi connectivity index (χ1n) is 11.1. The predicted molar refractivity (Wildman–Crippen MR) is 124 cm³/mol. The molecule has 170 valence electrons. The monoisotopic (exact) mass is 445 g/mol. The van der Waals surface area contributed by atoms with Crippen molar-refractivity contribution in [3.63, 3.8) is 0 Å². The van der Waals surface area contributed by atoms with E-state index in [1.165, 1.54) is 0 Å². The highest BCUT2D eigenvalue weighted by molar-refractivity contribution is 5.76. The summed E-state index contributed by atoms with van der Waals surface area (Å²) in [5.74, 6) is 2.34. The van der Waals surface area contributed by atoms with Crippen LogP contribution in [0.3, 0.4) is 0 Å². The van der Waals surface area contributed by atoms with Gasteiger partial charge in [-0.25, -0.2) is 4.98 Å². The Kier molecular flexibility index (Phi) is 7.14. The summed E-state index contributed by atoms with van der Waals surface area (Å²) in [6.07, 6.45) is 3.11. The Hall–Kier alpha value is -3.94. The molecule has 0 bridgehead atoms. The summed E-state index contributed by atoms with van der Waals surface area (Å²) in [4.78, 5) is 24.7. The number of aromatic nitrogens is 4. The van der Waals surface area contributed by atoms with Gasteiger partial charge in [-0.2, -0.15) is 4.98 Å². The summed E-state index contributed by atoms with van der Waals surface area (Å²) >= 11 is 0. The number of rotatable bonds is 10. The first-order chi connectivity index (χ1) is 16.2. The normalized spacial score (nSPS) is 11.8. The molecule has 33 heavy (non-hydrogen) atoms. The fourth-order valence-corrected chi connectivity index (χ4v) is 3.47. The van der Waals surface area contributed by atoms with Gasteiger partial charge in [-0.1, -0.05) is 42.4 Å². The molecule has 8 heteroatoms. The van der Waals surface area contributed by atoms with Crippen molar-refractivity contribution < 1.29 is 14.1 Å². The van der Waals surface area contributed by atoms with Crippen LogP contribution in [0.2, 0.25) is 0 Å². The Morgan fingerprint density at radius 3 is 2.61 bits per heavy atom. The topological polar surface area (TPSA) is 106 Å². The molecule has 0 fully saturated rings. The van der Waals surface area contributed by atoms with E-state index in [1.54, 1.807) is 6.20 Å². The number of nitrogens with zero attached hydrogens (tertiary/aromatic N) is 3. The Bertz CT molecular complexity index is 1170. The molecular weight excluding hydrogens is 418 g/mol. The molecule has 4 aromatic rings. The van der Waals surface area contributed by atoms with E-state index in [-0.39, 0.29) is 18.4 Å². The van der Waals surface area contributed by atoms with Gasteiger partial charge < -0.3 is 19.6 Å². The number of hydrogen-bond donors (Lipinski definition) is 2. The number of amides is 1. The average molecular weight is 446 g/mol. The number of hydrogen-bond acceptors (Lipinski definition) is 6. The lowest BCUT2D eigenvalue weighted by atomic mass is 10.2. The second kappa shape index (κ2) is 10.6. The van der Waals surface area contributed by atoms with Crippen LogP contribution in [0, 0.1) is 0 Å². The zero-order valence-electron chi connectivity index (χ0n) is 18.7. The molecule has 8 nitrogen and oxygen atoms in total. The zero-order chi connectivity index (χ0) is 23.0. The van der Waals surface area contributed by atoms with E-state index in [4.69, 9.17) is 9.26 Å². The standard InChI is InChI=1S/C25H27N5O3/c1-3-20(25-26-16-21(28-25)17-8-6-5-7-9-17)27-22(31)14-15-23-29-24(30-33-23)18-10-12-19(13-11-18)32-4-2/h5-13,16,20H,3-4,14-15H2,1-2H3,(H,26,28)(H,27,31). The minimum absolute atomic E-state index is 0.0969. The van der Waals surface area contributed by atoms with Gasteiger partial charge >= 0.3 is 0 Å². The van der Waals surface area contributed by atoms with Gasteiger partial charge in [0.15, 0.2) is 0 Å². The number of benzene rings is 2. The third kappa shape index (κ3) is 5.65. The average Bonchev–Trinajstić information content (AvgIpc) is 3.53. The van der Waals surface area contributed by atoms with E-state index in [0.717, 1.165) is 34.8 Å². The molecule has 2 aromatic heterocycles. The second-order valence-corrected chi connectivity index (χ2v) is 7.55. The van der Waals surface area contributed by atoms with Gasteiger partial charge in [0.05, 0.1) is 24.5 Å². The van der Waals surface area contributed by atoms with Crippen molar-refractivity contribution in [2.24, 2.45) is 0 Å². The third-order valence-corrected chi connectivity index (χ3v) is 5.21. The largest absolute Gasteiger partial charge is 0.494 e.